The highest BCUT2D eigenvalue weighted by Crippen LogP contribution is 2.44. The van der Waals surface area contributed by atoms with Crippen molar-refractivity contribution < 1.29 is 4.79 Å². The van der Waals surface area contributed by atoms with Gasteiger partial charge in [-0.1, -0.05) is 36.8 Å². The number of hydrogen-bond donors (Lipinski definition) is 1. The van der Waals surface area contributed by atoms with Crippen LogP contribution in [0, 0.1) is 17.2 Å². The van der Waals surface area contributed by atoms with E-state index in [1.165, 1.54) is 5.56 Å². The molecular formula is C20H27N3O. The van der Waals surface area contributed by atoms with E-state index in [2.05, 4.69) is 54.6 Å². The van der Waals surface area contributed by atoms with Crippen LogP contribution >= 0.6 is 0 Å². The number of nitriles is 1. The molecule has 0 aliphatic heterocycles. The number of nitrogens with zero attached hydrogens (tertiary/aromatic N) is 2. The van der Waals surface area contributed by atoms with E-state index >= 15 is 0 Å². The molecule has 0 heterocycles. The molecule has 2 aliphatic rings. The summed E-state index contributed by atoms with van der Waals surface area (Å²) in [7, 11) is 4.22. The summed E-state index contributed by atoms with van der Waals surface area (Å²) < 4.78 is 0. The molecule has 1 N–H and O–H groups in total. The first-order valence-electron chi connectivity index (χ1n) is 8.98. The fraction of sp³-hybridized carbons (Fsp3) is 0.600. The normalized spacial score (nSPS) is 30.4. The molecule has 3 rings (SSSR count). The van der Waals surface area contributed by atoms with Crippen molar-refractivity contribution in [3.05, 3.63) is 35.9 Å². The second kappa shape index (κ2) is 6.57. The zero-order valence-corrected chi connectivity index (χ0v) is 14.7. The third-order valence-corrected chi connectivity index (χ3v) is 6.15. The zero-order valence-electron chi connectivity index (χ0n) is 14.7. The molecule has 4 nitrogen and oxygen atoms in total. The lowest BCUT2D eigenvalue weighted by molar-refractivity contribution is -0.129. The minimum absolute atomic E-state index is 0.0528. The molecule has 0 bridgehead atoms. The summed E-state index contributed by atoms with van der Waals surface area (Å²) in [5.41, 5.74) is 0.552. The van der Waals surface area contributed by atoms with Gasteiger partial charge in [-0.05, 0) is 58.2 Å². The molecule has 0 spiro atoms. The highest BCUT2D eigenvalue weighted by Gasteiger charge is 2.46. The number of carbonyl (C=O) groups excluding carboxylic acids is 1. The van der Waals surface area contributed by atoms with Crippen molar-refractivity contribution in [2.45, 2.75) is 56.0 Å². The van der Waals surface area contributed by atoms with E-state index in [9.17, 15) is 10.1 Å². The maximum atomic E-state index is 12.4. The number of hydrogen-bond acceptors (Lipinski definition) is 3. The first kappa shape index (κ1) is 17.0. The maximum absolute atomic E-state index is 12.4. The van der Waals surface area contributed by atoms with E-state index in [-0.39, 0.29) is 17.4 Å². The predicted octanol–water partition coefficient (Wildman–Crippen LogP) is 3.20. The van der Waals surface area contributed by atoms with Gasteiger partial charge in [0, 0.05) is 11.5 Å². The Labute approximate surface area is 144 Å². The molecule has 0 atom stereocenters. The van der Waals surface area contributed by atoms with Crippen LogP contribution in [0.2, 0.25) is 0 Å². The van der Waals surface area contributed by atoms with Crippen LogP contribution in [-0.2, 0) is 10.3 Å². The number of carbonyl (C=O) groups is 1. The van der Waals surface area contributed by atoms with E-state index in [0.717, 1.165) is 32.1 Å². The molecule has 1 amide bonds. The second-order valence-electron chi connectivity index (χ2n) is 7.60. The Morgan fingerprint density at radius 2 is 1.79 bits per heavy atom. The topological polar surface area (TPSA) is 56.1 Å². The van der Waals surface area contributed by atoms with Gasteiger partial charge in [0.25, 0.3) is 0 Å². The van der Waals surface area contributed by atoms with Crippen LogP contribution in [0.3, 0.4) is 0 Å². The van der Waals surface area contributed by atoms with Gasteiger partial charge in [-0.25, -0.2) is 0 Å². The Bertz CT molecular complexity index is 620. The molecule has 2 saturated carbocycles. The summed E-state index contributed by atoms with van der Waals surface area (Å²) in [5.74, 6) is 0.213. The van der Waals surface area contributed by atoms with Gasteiger partial charge in [0.1, 0.15) is 5.54 Å². The third kappa shape index (κ3) is 2.93. The summed E-state index contributed by atoms with van der Waals surface area (Å²) >= 11 is 0. The smallest absolute Gasteiger partial charge is 0.224 e. The van der Waals surface area contributed by atoms with Crippen molar-refractivity contribution in [2.24, 2.45) is 5.92 Å². The fourth-order valence-electron chi connectivity index (χ4n) is 4.11. The largest absolute Gasteiger partial charge is 0.338 e. The number of nitrogens with one attached hydrogen (secondary N) is 1. The Balaban J connectivity index is 1.76. The predicted molar refractivity (Wildman–Crippen MR) is 94.1 cm³/mol. The quantitative estimate of drug-likeness (QED) is 0.925. The van der Waals surface area contributed by atoms with Gasteiger partial charge in [-0.3, -0.25) is 9.69 Å². The van der Waals surface area contributed by atoms with E-state index in [4.69, 9.17) is 0 Å². The lowest BCUT2D eigenvalue weighted by atomic mass is 9.68. The summed E-state index contributed by atoms with van der Waals surface area (Å²) in [5, 5.41) is 12.9. The van der Waals surface area contributed by atoms with Crippen molar-refractivity contribution in [3.8, 4) is 6.07 Å². The molecule has 24 heavy (non-hydrogen) atoms. The number of benzene rings is 1. The van der Waals surface area contributed by atoms with Crippen LogP contribution in [0.15, 0.2) is 30.3 Å². The van der Waals surface area contributed by atoms with Crippen LogP contribution in [0.4, 0.5) is 0 Å². The number of rotatable bonds is 4. The molecular weight excluding hydrogens is 298 g/mol. The van der Waals surface area contributed by atoms with E-state index in [0.29, 0.717) is 12.8 Å². The Morgan fingerprint density at radius 1 is 1.17 bits per heavy atom. The van der Waals surface area contributed by atoms with E-state index in [1.54, 1.807) is 0 Å². The van der Waals surface area contributed by atoms with Crippen molar-refractivity contribution in [2.75, 3.05) is 14.1 Å². The first-order chi connectivity index (χ1) is 11.5. The maximum Gasteiger partial charge on any atom is 0.224 e. The second-order valence-corrected chi connectivity index (χ2v) is 7.60. The SMILES string of the molecule is CN(C)C1(c2ccccc2)CCC(C#N)(NC(=O)C2CCC2)CC1. The van der Waals surface area contributed by atoms with Gasteiger partial charge in [-0.2, -0.15) is 5.26 Å². The van der Waals surface area contributed by atoms with Crippen molar-refractivity contribution in [1.29, 1.82) is 5.26 Å². The Morgan fingerprint density at radius 3 is 2.25 bits per heavy atom. The van der Waals surface area contributed by atoms with Gasteiger partial charge < -0.3 is 5.32 Å². The van der Waals surface area contributed by atoms with Crippen molar-refractivity contribution in [1.82, 2.24) is 10.2 Å². The average molecular weight is 325 g/mol. The van der Waals surface area contributed by atoms with Gasteiger partial charge in [0.05, 0.1) is 6.07 Å². The molecule has 0 aromatic heterocycles. The van der Waals surface area contributed by atoms with Crippen LogP contribution in [-0.4, -0.2) is 30.4 Å². The van der Waals surface area contributed by atoms with Crippen LogP contribution in [0.5, 0.6) is 0 Å². The zero-order chi connectivity index (χ0) is 17.2. The molecule has 128 valence electrons. The molecule has 4 heteroatoms. The molecule has 0 radical (unpaired) electrons. The van der Waals surface area contributed by atoms with Gasteiger partial charge in [0.15, 0.2) is 0 Å². The van der Waals surface area contributed by atoms with Crippen molar-refractivity contribution >= 4 is 5.91 Å². The van der Waals surface area contributed by atoms with Gasteiger partial charge in [0.2, 0.25) is 5.91 Å². The standard InChI is InChI=1S/C20H27N3O/c1-23(2)20(17-9-4-3-5-10-17)13-11-19(15-21,12-14-20)22-18(24)16-7-6-8-16/h3-5,9-10,16H,6-8,11-14H2,1-2H3,(H,22,24). The fourth-order valence-corrected chi connectivity index (χ4v) is 4.11. The van der Waals surface area contributed by atoms with Crippen LogP contribution < -0.4 is 5.32 Å². The molecule has 0 unspecified atom stereocenters. The summed E-state index contributed by atoms with van der Waals surface area (Å²) in [6.07, 6.45) is 6.24. The summed E-state index contributed by atoms with van der Waals surface area (Å²) in [6, 6.07) is 13.0. The Hall–Kier alpha value is -1.86. The van der Waals surface area contributed by atoms with Crippen molar-refractivity contribution in [3.63, 3.8) is 0 Å². The molecule has 1 aromatic rings. The highest BCUT2D eigenvalue weighted by atomic mass is 16.2. The highest BCUT2D eigenvalue weighted by molar-refractivity contribution is 5.80. The summed E-state index contributed by atoms with van der Waals surface area (Å²) in [6.45, 7) is 0. The van der Waals surface area contributed by atoms with E-state index < -0.39 is 5.54 Å². The third-order valence-electron chi connectivity index (χ3n) is 6.15. The van der Waals surface area contributed by atoms with Gasteiger partial charge >= 0.3 is 0 Å². The minimum Gasteiger partial charge on any atom is -0.338 e. The summed E-state index contributed by atoms with van der Waals surface area (Å²) in [4.78, 5) is 14.6. The van der Waals surface area contributed by atoms with Crippen LogP contribution in [0.25, 0.3) is 0 Å². The van der Waals surface area contributed by atoms with Crippen LogP contribution in [0.1, 0.15) is 50.5 Å². The molecule has 2 aliphatic carbocycles. The molecule has 2 fully saturated rings. The lowest BCUT2D eigenvalue weighted by Crippen LogP contribution is -2.56. The number of amides is 1. The van der Waals surface area contributed by atoms with E-state index in [1.807, 2.05) is 6.07 Å². The Kier molecular flexibility index (Phi) is 4.64. The average Bonchev–Trinajstić information content (AvgIpc) is 2.54. The first-order valence-corrected chi connectivity index (χ1v) is 8.98. The van der Waals surface area contributed by atoms with Gasteiger partial charge in [-0.15, -0.1) is 0 Å². The monoisotopic (exact) mass is 325 g/mol. The lowest BCUT2D eigenvalue weighted by Gasteiger charge is -2.48. The molecule has 0 saturated heterocycles. The minimum atomic E-state index is -0.693. The molecule has 1 aromatic carbocycles.